The van der Waals surface area contributed by atoms with Crippen LogP contribution in [0.1, 0.15) is 12.8 Å². The molecule has 0 atom stereocenters. The molecule has 0 aliphatic heterocycles. The molecular formula is C18H16N2O3. The minimum Gasteiger partial charge on any atom is -0.466 e. The number of aromatic nitrogens is 2. The third-order valence-electron chi connectivity index (χ3n) is 3.31. The van der Waals surface area contributed by atoms with Crippen LogP contribution >= 0.6 is 0 Å². The van der Waals surface area contributed by atoms with Crippen molar-refractivity contribution >= 4 is 5.97 Å². The molecule has 0 bridgehead atoms. The summed E-state index contributed by atoms with van der Waals surface area (Å²) in [6.45, 7) is 2.09. The van der Waals surface area contributed by atoms with E-state index in [1.807, 2.05) is 42.5 Å². The Morgan fingerprint density at radius 3 is 2.30 bits per heavy atom. The fourth-order valence-corrected chi connectivity index (χ4v) is 2.21. The van der Waals surface area contributed by atoms with Gasteiger partial charge >= 0.3 is 5.97 Å². The summed E-state index contributed by atoms with van der Waals surface area (Å²) in [5, 5.41) is 7.86. The highest BCUT2D eigenvalue weighted by atomic mass is 16.5. The minimum absolute atomic E-state index is 0.0110. The Bertz CT molecular complexity index is 780. The Balaban J connectivity index is 1.75. The van der Waals surface area contributed by atoms with Crippen molar-refractivity contribution in [3.8, 4) is 22.6 Å². The topological polar surface area (TPSA) is 65.2 Å². The highest BCUT2D eigenvalue weighted by molar-refractivity contribution is 5.71. The van der Waals surface area contributed by atoms with Gasteiger partial charge in [0.05, 0.1) is 6.61 Å². The summed E-state index contributed by atoms with van der Waals surface area (Å²) in [6, 6.07) is 17.9. The van der Waals surface area contributed by atoms with Crippen LogP contribution in [0, 0.1) is 0 Å². The maximum absolute atomic E-state index is 11.4. The second kappa shape index (κ2) is 6.87. The summed E-state index contributed by atoms with van der Waals surface area (Å²) < 4.78 is 10.4. The zero-order chi connectivity index (χ0) is 16.1. The van der Waals surface area contributed by atoms with Gasteiger partial charge in [-0.05, 0) is 30.2 Å². The molecule has 2 aromatic carbocycles. The van der Waals surface area contributed by atoms with E-state index < -0.39 is 0 Å². The first-order valence-corrected chi connectivity index (χ1v) is 7.40. The predicted molar refractivity (Wildman–Crippen MR) is 85.5 cm³/mol. The van der Waals surface area contributed by atoms with Crippen LogP contribution in [-0.2, 0) is 16.0 Å². The molecule has 0 N–H and O–H groups in total. The van der Waals surface area contributed by atoms with Gasteiger partial charge in [-0.1, -0.05) is 42.5 Å². The van der Waals surface area contributed by atoms with Crippen molar-refractivity contribution in [2.45, 2.75) is 13.3 Å². The van der Waals surface area contributed by atoms with E-state index in [1.165, 1.54) is 0 Å². The number of rotatable bonds is 5. The van der Waals surface area contributed by atoms with Gasteiger partial charge in [-0.25, -0.2) is 0 Å². The average molecular weight is 308 g/mol. The van der Waals surface area contributed by atoms with Crippen molar-refractivity contribution in [3.63, 3.8) is 0 Å². The lowest BCUT2D eigenvalue weighted by atomic mass is 10.0. The molecule has 116 valence electrons. The van der Waals surface area contributed by atoms with Crippen molar-refractivity contribution in [2.75, 3.05) is 6.61 Å². The largest absolute Gasteiger partial charge is 0.466 e. The molecule has 0 fully saturated rings. The Kier molecular flexibility index (Phi) is 4.47. The van der Waals surface area contributed by atoms with E-state index in [-0.39, 0.29) is 18.3 Å². The van der Waals surface area contributed by atoms with E-state index in [4.69, 9.17) is 9.15 Å². The van der Waals surface area contributed by atoms with Crippen LogP contribution in [0.4, 0.5) is 0 Å². The van der Waals surface area contributed by atoms with E-state index in [1.54, 1.807) is 6.92 Å². The van der Waals surface area contributed by atoms with Gasteiger partial charge in [-0.2, -0.15) is 0 Å². The molecule has 1 aromatic heterocycles. The number of hydrogen-bond donors (Lipinski definition) is 0. The van der Waals surface area contributed by atoms with Gasteiger partial charge in [0, 0.05) is 5.56 Å². The third kappa shape index (κ3) is 3.63. The average Bonchev–Trinajstić information content (AvgIpc) is 3.04. The minimum atomic E-state index is -0.373. The molecule has 5 nitrogen and oxygen atoms in total. The Morgan fingerprint density at radius 2 is 1.61 bits per heavy atom. The highest BCUT2D eigenvalue weighted by Gasteiger charge is 2.13. The molecule has 0 saturated heterocycles. The summed E-state index contributed by atoms with van der Waals surface area (Å²) in [7, 11) is 0. The fourth-order valence-electron chi connectivity index (χ4n) is 2.21. The van der Waals surface area contributed by atoms with E-state index in [2.05, 4.69) is 22.3 Å². The molecule has 0 saturated carbocycles. The van der Waals surface area contributed by atoms with Crippen molar-refractivity contribution in [1.82, 2.24) is 10.2 Å². The summed E-state index contributed by atoms with van der Waals surface area (Å²) >= 11 is 0. The van der Waals surface area contributed by atoms with Crippen LogP contribution in [0.3, 0.4) is 0 Å². The van der Waals surface area contributed by atoms with Crippen molar-refractivity contribution < 1.29 is 13.9 Å². The predicted octanol–water partition coefficient (Wildman–Crippen LogP) is 3.51. The Morgan fingerprint density at radius 1 is 0.957 bits per heavy atom. The summed E-state index contributed by atoms with van der Waals surface area (Å²) in [4.78, 5) is 11.4. The lowest BCUT2D eigenvalue weighted by Gasteiger charge is -2.02. The van der Waals surface area contributed by atoms with Gasteiger partial charge in [0.2, 0.25) is 11.8 Å². The number of nitrogens with zero attached hydrogens (tertiary/aromatic N) is 2. The van der Waals surface area contributed by atoms with Gasteiger partial charge in [0.25, 0.3) is 0 Å². The molecule has 0 unspecified atom stereocenters. The van der Waals surface area contributed by atoms with Gasteiger partial charge in [-0.15, -0.1) is 10.2 Å². The molecule has 0 spiro atoms. The number of carbonyl (C=O) groups is 1. The SMILES string of the molecule is CCOC(=O)Cc1nnc(-c2ccc(-c3ccccc3)cc2)o1. The maximum atomic E-state index is 11.4. The molecule has 0 aliphatic carbocycles. The van der Waals surface area contributed by atoms with Crippen molar-refractivity contribution in [3.05, 3.63) is 60.5 Å². The van der Waals surface area contributed by atoms with Crippen LogP contribution in [0.5, 0.6) is 0 Å². The van der Waals surface area contributed by atoms with Gasteiger partial charge < -0.3 is 9.15 Å². The molecular weight excluding hydrogens is 292 g/mol. The zero-order valence-electron chi connectivity index (χ0n) is 12.7. The number of ether oxygens (including phenoxy) is 1. The zero-order valence-corrected chi connectivity index (χ0v) is 12.7. The molecule has 1 heterocycles. The molecule has 5 heteroatoms. The quantitative estimate of drug-likeness (QED) is 0.675. The van der Waals surface area contributed by atoms with Crippen LogP contribution in [0.25, 0.3) is 22.6 Å². The lowest BCUT2D eigenvalue weighted by Crippen LogP contribution is -2.07. The van der Waals surface area contributed by atoms with Crippen molar-refractivity contribution in [1.29, 1.82) is 0 Å². The summed E-state index contributed by atoms with van der Waals surface area (Å²) in [5.41, 5.74) is 3.07. The Hall–Kier alpha value is -2.95. The normalized spacial score (nSPS) is 10.5. The smallest absolute Gasteiger partial charge is 0.315 e. The van der Waals surface area contributed by atoms with E-state index >= 15 is 0 Å². The molecule has 0 amide bonds. The summed E-state index contributed by atoms with van der Waals surface area (Å²) in [5.74, 6) is 0.275. The van der Waals surface area contributed by atoms with Crippen LogP contribution in [-0.4, -0.2) is 22.8 Å². The first kappa shape index (κ1) is 15.0. The summed E-state index contributed by atoms with van der Waals surface area (Å²) in [6.07, 6.45) is -0.0110. The monoisotopic (exact) mass is 308 g/mol. The first-order chi connectivity index (χ1) is 11.3. The number of esters is 1. The fraction of sp³-hybridized carbons (Fsp3) is 0.167. The van der Waals surface area contributed by atoms with E-state index in [0.717, 1.165) is 16.7 Å². The molecule has 0 radical (unpaired) electrons. The Labute approximate surface area is 133 Å². The van der Waals surface area contributed by atoms with Crippen LogP contribution in [0.15, 0.2) is 59.0 Å². The van der Waals surface area contributed by atoms with Crippen LogP contribution < -0.4 is 0 Å². The molecule has 3 aromatic rings. The lowest BCUT2D eigenvalue weighted by molar-refractivity contribution is -0.142. The van der Waals surface area contributed by atoms with Gasteiger partial charge in [0.15, 0.2) is 0 Å². The number of benzene rings is 2. The maximum Gasteiger partial charge on any atom is 0.315 e. The van der Waals surface area contributed by atoms with Crippen molar-refractivity contribution in [2.24, 2.45) is 0 Å². The standard InChI is InChI=1S/C18H16N2O3/c1-2-22-17(21)12-16-19-20-18(23-16)15-10-8-14(9-11-15)13-6-4-3-5-7-13/h3-11H,2,12H2,1H3. The van der Waals surface area contributed by atoms with E-state index in [9.17, 15) is 4.79 Å². The van der Waals surface area contributed by atoms with E-state index in [0.29, 0.717) is 12.5 Å². The second-order valence-corrected chi connectivity index (χ2v) is 4.93. The highest BCUT2D eigenvalue weighted by Crippen LogP contribution is 2.24. The molecule has 3 rings (SSSR count). The van der Waals surface area contributed by atoms with Gasteiger partial charge in [0.1, 0.15) is 6.42 Å². The second-order valence-electron chi connectivity index (χ2n) is 4.93. The number of carbonyl (C=O) groups excluding carboxylic acids is 1. The van der Waals surface area contributed by atoms with Gasteiger partial charge in [-0.3, -0.25) is 4.79 Å². The molecule has 0 aliphatic rings. The van der Waals surface area contributed by atoms with Crippen LogP contribution in [0.2, 0.25) is 0 Å². The first-order valence-electron chi connectivity index (χ1n) is 7.40. The molecule has 23 heavy (non-hydrogen) atoms. The number of hydrogen-bond acceptors (Lipinski definition) is 5. The third-order valence-corrected chi connectivity index (χ3v) is 3.31.